The van der Waals surface area contributed by atoms with Crippen LogP contribution >= 0.6 is 0 Å². The van der Waals surface area contributed by atoms with Gasteiger partial charge in [-0.15, -0.1) is 0 Å². The molecule has 0 radical (unpaired) electrons. The highest BCUT2D eigenvalue weighted by Gasteiger charge is 2.20. The molecule has 0 aliphatic rings. The normalized spacial score (nSPS) is 14.4. The third kappa shape index (κ3) is 8.12. The topological polar surface area (TPSA) is 70.8 Å². The third-order valence-corrected chi connectivity index (χ3v) is 2.64. The van der Waals surface area contributed by atoms with E-state index in [1.807, 2.05) is 13.8 Å². The monoisotopic (exact) mass is 247 g/mol. The van der Waals surface area contributed by atoms with Gasteiger partial charge in [-0.05, 0) is 5.92 Å². The molecule has 0 aromatic heterocycles. The van der Waals surface area contributed by atoms with E-state index in [0.29, 0.717) is 32.8 Å². The quantitative estimate of drug-likeness (QED) is 0.460. The second kappa shape index (κ2) is 10.5. The summed E-state index contributed by atoms with van der Waals surface area (Å²) in [5.41, 5.74) is 5.73. The first kappa shape index (κ1) is 16.4. The van der Waals surface area contributed by atoms with Crippen LogP contribution in [0.5, 0.6) is 0 Å². The van der Waals surface area contributed by atoms with Crippen LogP contribution in [-0.2, 0) is 19.0 Å². The van der Waals surface area contributed by atoms with Gasteiger partial charge in [0.05, 0.1) is 19.8 Å². The summed E-state index contributed by atoms with van der Waals surface area (Å²) < 4.78 is 15.1. The number of rotatable bonds is 10. The lowest BCUT2D eigenvalue weighted by molar-refractivity contribution is -0.146. The Morgan fingerprint density at radius 1 is 1.24 bits per heavy atom. The van der Waals surface area contributed by atoms with E-state index in [0.717, 1.165) is 6.42 Å². The summed E-state index contributed by atoms with van der Waals surface area (Å²) in [6.45, 7) is 6.02. The molecule has 0 fully saturated rings. The average Bonchev–Trinajstić information content (AvgIpc) is 2.35. The zero-order chi connectivity index (χ0) is 13.1. The van der Waals surface area contributed by atoms with Crippen LogP contribution in [0.3, 0.4) is 0 Å². The zero-order valence-electron chi connectivity index (χ0n) is 11.1. The van der Waals surface area contributed by atoms with Crippen molar-refractivity contribution in [2.24, 2.45) is 11.7 Å². The number of nitrogens with two attached hydrogens (primary N) is 1. The van der Waals surface area contributed by atoms with Crippen LogP contribution in [0.2, 0.25) is 0 Å². The van der Waals surface area contributed by atoms with E-state index < -0.39 is 6.04 Å². The number of methoxy groups -OCH3 is 1. The predicted octanol–water partition coefficient (Wildman–Crippen LogP) is 0.956. The van der Waals surface area contributed by atoms with E-state index >= 15 is 0 Å². The lowest BCUT2D eigenvalue weighted by Crippen LogP contribution is -2.38. The minimum absolute atomic E-state index is 0.153. The maximum atomic E-state index is 11.5. The van der Waals surface area contributed by atoms with Gasteiger partial charge >= 0.3 is 5.97 Å². The molecule has 102 valence electrons. The van der Waals surface area contributed by atoms with Crippen molar-refractivity contribution in [3.8, 4) is 0 Å². The Balaban J connectivity index is 3.45. The molecule has 0 aromatic carbocycles. The van der Waals surface area contributed by atoms with Crippen molar-refractivity contribution in [2.75, 3.05) is 33.5 Å². The molecule has 2 unspecified atom stereocenters. The van der Waals surface area contributed by atoms with Gasteiger partial charge < -0.3 is 19.9 Å². The van der Waals surface area contributed by atoms with Crippen molar-refractivity contribution in [3.63, 3.8) is 0 Å². The van der Waals surface area contributed by atoms with Gasteiger partial charge in [0.1, 0.15) is 6.04 Å². The van der Waals surface area contributed by atoms with Crippen molar-refractivity contribution in [2.45, 2.75) is 32.7 Å². The summed E-state index contributed by atoms with van der Waals surface area (Å²) in [7, 11) is 1.63. The SMILES string of the molecule is CCC(C)C(N)C(=O)OCCCOCCOC. The molecule has 0 saturated heterocycles. The standard InChI is InChI=1S/C12H25NO4/c1-4-10(2)11(13)12(14)17-7-5-6-16-9-8-15-3/h10-11H,4-9,13H2,1-3H3. The Morgan fingerprint density at radius 2 is 1.94 bits per heavy atom. The van der Waals surface area contributed by atoms with Crippen LogP contribution in [0.25, 0.3) is 0 Å². The summed E-state index contributed by atoms with van der Waals surface area (Å²) in [6.07, 6.45) is 1.55. The molecule has 5 heteroatoms. The molecule has 5 nitrogen and oxygen atoms in total. The number of carbonyl (C=O) groups is 1. The van der Waals surface area contributed by atoms with E-state index in [1.165, 1.54) is 0 Å². The van der Waals surface area contributed by atoms with Gasteiger partial charge in [-0.25, -0.2) is 0 Å². The summed E-state index contributed by atoms with van der Waals surface area (Å²) >= 11 is 0. The molecule has 0 aromatic rings. The molecule has 2 N–H and O–H groups in total. The highest BCUT2D eigenvalue weighted by molar-refractivity contribution is 5.75. The van der Waals surface area contributed by atoms with E-state index in [2.05, 4.69) is 0 Å². The minimum atomic E-state index is -0.519. The van der Waals surface area contributed by atoms with Crippen molar-refractivity contribution < 1.29 is 19.0 Å². The van der Waals surface area contributed by atoms with Gasteiger partial charge in [0.25, 0.3) is 0 Å². The first-order chi connectivity index (χ1) is 8.13. The molecular weight excluding hydrogens is 222 g/mol. The Morgan fingerprint density at radius 3 is 2.53 bits per heavy atom. The molecule has 0 heterocycles. The van der Waals surface area contributed by atoms with Crippen LogP contribution in [-0.4, -0.2) is 45.5 Å². The lowest BCUT2D eigenvalue weighted by atomic mass is 10.0. The fraction of sp³-hybridized carbons (Fsp3) is 0.917. The van der Waals surface area contributed by atoms with Crippen LogP contribution in [0.15, 0.2) is 0 Å². The second-order valence-electron chi connectivity index (χ2n) is 4.04. The first-order valence-electron chi connectivity index (χ1n) is 6.12. The number of ether oxygens (including phenoxy) is 3. The molecule has 17 heavy (non-hydrogen) atoms. The largest absolute Gasteiger partial charge is 0.464 e. The molecule has 0 spiro atoms. The maximum absolute atomic E-state index is 11.5. The van der Waals surface area contributed by atoms with Gasteiger partial charge in [-0.1, -0.05) is 20.3 Å². The molecule has 0 saturated carbocycles. The smallest absolute Gasteiger partial charge is 0.323 e. The molecule has 0 aliphatic carbocycles. The first-order valence-corrected chi connectivity index (χ1v) is 6.12. The summed E-state index contributed by atoms with van der Waals surface area (Å²) in [6, 6.07) is -0.519. The highest BCUT2D eigenvalue weighted by atomic mass is 16.5. The molecule has 0 aliphatic heterocycles. The van der Waals surface area contributed by atoms with Crippen LogP contribution in [0.4, 0.5) is 0 Å². The van der Waals surface area contributed by atoms with Gasteiger partial charge in [-0.3, -0.25) is 4.79 Å². The maximum Gasteiger partial charge on any atom is 0.323 e. The predicted molar refractivity (Wildman–Crippen MR) is 65.7 cm³/mol. The lowest BCUT2D eigenvalue weighted by Gasteiger charge is -2.16. The Bertz CT molecular complexity index is 199. The molecule has 0 bridgehead atoms. The van der Waals surface area contributed by atoms with Crippen molar-refractivity contribution >= 4 is 5.97 Å². The number of hydrogen-bond acceptors (Lipinski definition) is 5. The van der Waals surface area contributed by atoms with Crippen LogP contribution < -0.4 is 5.73 Å². The Kier molecular flexibility index (Phi) is 10.1. The summed E-state index contributed by atoms with van der Waals surface area (Å²) in [5, 5.41) is 0. The van der Waals surface area contributed by atoms with Gasteiger partial charge in [0, 0.05) is 20.1 Å². The Hall–Kier alpha value is -0.650. The van der Waals surface area contributed by atoms with Crippen molar-refractivity contribution in [1.82, 2.24) is 0 Å². The highest BCUT2D eigenvalue weighted by Crippen LogP contribution is 2.06. The molecular formula is C12H25NO4. The zero-order valence-corrected chi connectivity index (χ0v) is 11.1. The van der Waals surface area contributed by atoms with E-state index in [1.54, 1.807) is 7.11 Å². The minimum Gasteiger partial charge on any atom is -0.464 e. The molecule has 0 amide bonds. The van der Waals surface area contributed by atoms with Crippen LogP contribution in [0, 0.1) is 5.92 Å². The molecule has 0 rings (SSSR count). The van der Waals surface area contributed by atoms with E-state index in [-0.39, 0.29) is 11.9 Å². The fourth-order valence-corrected chi connectivity index (χ4v) is 1.16. The van der Waals surface area contributed by atoms with Gasteiger partial charge in [-0.2, -0.15) is 0 Å². The van der Waals surface area contributed by atoms with Crippen molar-refractivity contribution in [3.05, 3.63) is 0 Å². The fourth-order valence-electron chi connectivity index (χ4n) is 1.16. The number of hydrogen-bond donors (Lipinski definition) is 1. The number of carbonyl (C=O) groups excluding carboxylic acids is 1. The van der Waals surface area contributed by atoms with Gasteiger partial charge in [0.2, 0.25) is 0 Å². The van der Waals surface area contributed by atoms with E-state index in [4.69, 9.17) is 19.9 Å². The average molecular weight is 247 g/mol. The Labute approximate surface area is 104 Å². The summed E-state index contributed by atoms with van der Waals surface area (Å²) in [4.78, 5) is 11.5. The number of esters is 1. The third-order valence-electron chi connectivity index (χ3n) is 2.64. The van der Waals surface area contributed by atoms with Gasteiger partial charge in [0.15, 0.2) is 0 Å². The van der Waals surface area contributed by atoms with Crippen LogP contribution in [0.1, 0.15) is 26.7 Å². The summed E-state index contributed by atoms with van der Waals surface area (Å²) in [5.74, 6) is -0.170. The molecule has 2 atom stereocenters. The van der Waals surface area contributed by atoms with Crippen molar-refractivity contribution in [1.29, 1.82) is 0 Å². The van der Waals surface area contributed by atoms with E-state index in [9.17, 15) is 4.79 Å². The second-order valence-corrected chi connectivity index (χ2v) is 4.04.